The Labute approximate surface area is 159 Å². The van der Waals surface area contributed by atoms with Crippen molar-refractivity contribution in [1.82, 2.24) is 9.55 Å². The number of nitrogens with zero attached hydrogens (tertiary/aromatic N) is 2. The molecule has 0 saturated carbocycles. The topological polar surface area (TPSA) is 60.9 Å². The number of terminal acetylenes is 1. The molecule has 2 N–H and O–H groups in total. The molecule has 2 heterocycles. The van der Waals surface area contributed by atoms with Gasteiger partial charge in [-0.1, -0.05) is 42.3 Å². The lowest BCUT2D eigenvalue weighted by molar-refractivity contribution is 0.536. The zero-order chi connectivity index (χ0) is 19.2. The fraction of sp³-hybridized carbons (Fsp3) is 0.304. The Balaban J connectivity index is 1.97. The monoisotopic (exact) mass is 357 g/mol. The molecule has 27 heavy (non-hydrogen) atoms. The summed E-state index contributed by atoms with van der Waals surface area (Å²) >= 11 is 0. The lowest BCUT2D eigenvalue weighted by Gasteiger charge is -2.23. The van der Waals surface area contributed by atoms with E-state index in [-0.39, 0.29) is 11.6 Å². The van der Waals surface area contributed by atoms with Crippen LogP contribution in [0.5, 0.6) is 0 Å². The first-order valence-corrected chi connectivity index (χ1v) is 9.28. The number of aromatic nitrogens is 2. The summed E-state index contributed by atoms with van der Waals surface area (Å²) in [5.41, 5.74) is 9.32. The second-order valence-electron chi connectivity index (χ2n) is 7.57. The number of nitrogens with two attached hydrogens (primary N) is 1. The van der Waals surface area contributed by atoms with Crippen molar-refractivity contribution in [2.45, 2.75) is 44.7 Å². The fourth-order valence-corrected chi connectivity index (χ4v) is 4.14. The van der Waals surface area contributed by atoms with Crippen LogP contribution in [0.4, 0.5) is 0 Å². The highest BCUT2D eigenvalue weighted by atomic mass is 16.1. The largest absolute Gasteiger partial charge is 0.324 e. The minimum absolute atomic E-state index is 0.0224. The molecule has 0 saturated heterocycles. The number of rotatable bonds is 3. The normalized spacial score (nSPS) is 19.6. The van der Waals surface area contributed by atoms with E-state index in [4.69, 9.17) is 17.1 Å². The quantitative estimate of drug-likeness (QED) is 0.732. The minimum Gasteiger partial charge on any atom is -0.324 e. The molecule has 1 aliphatic rings. The number of hydrogen-bond donors (Lipinski definition) is 1. The van der Waals surface area contributed by atoms with Crippen molar-refractivity contribution < 1.29 is 0 Å². The molecule has 0 radical (unpaired) electrons. The third kappa shape index (κ3) is 2.75. The molecule has 1 aromatic heterocycles. The van der Waals surface area contributed by atoms with Crippen LogP contribution < -0.4 is 11.3 Å². The molecule has 2 aromatic carbocycles. The lowest BCUT2D eigenvalue weighted by atomic mass is 9.80. The van der Waals surface area contributed by atoms with Gasteiger partial charge in [0.25, 0.3) is 5.56 Å². The summed E-state index contributed by atoms with van der Waals surface area (Å²) < 4.78 is 1.76. The molecule has 0 amide bonds. The highest BCUT2D eigenvalue weighted by Gasteiger charge is 2.40. The van der Waals surface area contributed by atoms with Gasteiger partial charge in [-0.25, -0.2) is 4.98 Å². The Hall–Kier alpha value is -2.90. The maximum absolute atomic E-state index is 13.2. The molecule has 0 unspecified atom stereocenters. The molecule has 4 heteroatoms. The first-order chi connectivity index (χ1) is 12.9. The van der Waals surface area contributed by atoms with E-state index < -0.39 is 5.41 Å². The third-order valence-electron chi connectivity index (χ3n) is 5.54. The molecule has 1 aliphatic heterocycles. The average molecular weight is 357 g/mol. The predicted octanol–water partition coefficient (Wildman–Crippen LogP) is 3.24. The summed E-state index contributed by atoms with van der Waals surface area (Å²) in [4.78, 5) is 18.2. The smallest absolute Gasteiger partial charge is 0.261 e. The van der Waals surface area contributed by atoms with Gasteiger partial charge in [-0.05, 0) is 49.4 Å². The second kappa shape index (κ2) is 6.37. The summed E-state index contributed by atoms with van der Waals surface area (Å²) in [6, 6.07) is 13.8. The zero-order valence-electron chi connectivity index (χ0n) is 15.7. The van der Waals surface area contributed by atoms with E-state index in [1.807, 2.05) is 44.2 Å². The summed E-state index contributed by atoms with van der Waals surface area (Å²) in [6.45, 7) is 4.48. The van der Waals surface area contributed by atoms with Gasteiger partial charge in [-0.2, -0.15) is 0 Å². The van der Waals surface area contributed by atoms with E-state index in [9.17, 15) is 4.79 Å². The van der Waals surface area contributed by atoms with Crippen molar-refractivity contribution in [2.75, 3.05) is 0 Å². The van der Waals surface area contributed by atoms with Crippen LogP contribution in [0.3, 0.4) is 0 Å². The van der Waals surface area contributed by atoms with Crippen molar-refractivity contribution in [3.05, 3.63) is 75.3 Å². The minimum atomic E-state index is -0.575. The van der Waals surface area contributed by atoms with Gasteiger partial charge in [0.1, 0.15) is 5.82 Å². The number of hydrogen-bond acceptors (Lipinski definition) is 3. The van der Waals surface area contributed by atoms with Crippen molar-refractivity contribution in [3.8, 4) is 12.3 Å². The van der Waals surface area contributed by atoms with Crippen molar-refractivity contribution in [1.29, 1.82) is 0 Å². The van der Waals surface area contributed by atoms with Crippen LogP contribution in [0.1, 0.15) is 41.9 Å². The van der Waals surface area contributed by atoms with Gasteiger partial charge < -0.3 is 5.73 Å². The lowest BCUT2D eigenvalue weighted by Crippen LogP contribution is -2.30. The highest BCUT2D eigenvalue weighted by Crippen LogP contribution is 2.37. The first kappa shape index (κ1) is 17.5. The Morgan fingerprint density at radius 2 is 2.07 bits per heavy atom. The SMILES string of the molecule is C#C[C@@]1(Cc2ccccc2)CCn2c1nc1c([C@@H](C)N)cc(C)cc1c2=O. The molecule has 0 aliphatic carbocycles. The van der Waals surface area contributed by atoms with E-state index >= 15 is 0 Å². The fourth-order valence-electron chi connectivity index (χ4n) is 4.14. The summed E-state index contributed by atoms with van der Waals surface area (Å²) in [5, 5.41) is 0.624. The molecule has 0 fully saturated rings. The van der Waals surface area contributed by atoms with Gasteiger partial charge in [0, 0.05) is 12.6 Å². The van der Waals surface area contributed by atoms with Crippen molar-refractivity contribution in [3.63, 3.8) is 0 Å². The number of aryl methyl sites for hydroxylation is 1. The number of fused-ring (bicyclic) bond motifs is 2. The van der Waals surface area contributed by atoms with Crippen LogP contribution in [0.25, 0.3) is 10.9 Å². The molecule has 136 valence electrons. The van der Waals surface area contributed by atoms with Gasteiger partial charge in [-0.15, -0.1) is 6.42 Å². The van der Waals surface area contributed by atoms with Gasteiger partial charge in [0.15, 0.2) is 0 Å². The van der Waals surface area contributed by atoms with E-state index in [2.05, 4.69) is 18.1 Å². The van der Waals surface area contributed by atoms with Crippen molar-refractivity contribution >= 4 is 10.9 Å². The van der Waals surface area contributed by atoms with E-state index in [0.717, 1.165) is 16.7 Å². The van der Waals surface area contributed by atoms with E-state index in [1.165, 1.54) is 0 Å². The Kier molecular flexibility index (Phi) is 4.13. The third-order valence-corrected chi connectivity index (χ3v) is 5.54. The van der Waals surface area contributed by atoms with Gasteiger partial charge in [0.2, 0.25) is 0 Å². The van der Waals surface area contributed by atoms with E-state index in [0.29, 0.717) is 36.1 Å². The van der Waals surface area contributed by atoms with Crippen LogP contribution in [-0.4, -0.2) is 9.55 Å². The van der Waals surface area contributed by atoms with Crippen LogP contribution in [0.15, 0.2) is 47.3 Å². The maximum atomic E-state index is 13.2. The van der Waals surface area contributed by atoms with Gasteiger partial charge in [0.05, 0.1) is 16.3 Å². The maximum Gasteiger partial charge on any atom is 0.261 e. The molecule has 4 rings (SSSR count). The van der Waals surface area contributed by atoms with Crippen LogP contribution in [-0.2, 0) is 18.4 Å². The Morgan fingerprint density at radius 3 is 2.74 bits per heavy atom. The summed E-state index contributed by atoms with van der Waals surface area (Å²) in [7, 11) is 0. The molecule has 0 spiro atoms. The Bertz CT molecular complexity index is 1120. The average Bonchev–Trinajstić information content (AvgIpc) is 3.02. The van der Waals surface area contributed by atoms with Crippen LogP contribution >= 0.6 is 0 Å². The van der Waals surface area contributed by atoms with E-state index in [1.54, 1.807) is 4.57 Å². The second-order valence-corrected chi connectivity index (χ2v) is 7.57. The molecular formula is C23H23N3O. The molecule has 2 atom stereocenters. The Morgan fingerprint density at radius 1 is 1.33 bits per heavy atom. The molecule has 4 nitrogen and oxygen atoms in total. The number of benzene rings is 2. The first-order valence-electron chi connectivity index (χ1n) is 9.28. The molecule has 3 aromatic rings. The summed E-state index contributed by atoms with van der Waals surface area (Å²) in [6.07, 6.45) is 7.40. The van der Waals surface area contributed by atoms with Gasteiger partial charge >= 0.3 is 0 Å². The summed E-state index contributed by atoms with van der Waals surface area (Å²) in [5.74, 6) is 3.67. The standard InChI is InChI=1S/C23H23N3O/c1-4-23(14-17-8-6-5-7-9-17)10-11-26-21(27)19-13-15(2)12-18(16(3)24)20(19)25-22(23)26/h1,5-9,12-13,16H,10-11,14,24H2,2-3H3/t16-,23+/m1/s1. The van der Waals surface area contributed by atoms with Crippen LogP contribution in [0.2, 0.25) is 0 Å². The predicted molar refractivity (Wildman–Crippen MR) is 109 cm³/mol. The van der Waals surface area contributed by atoms with Crippen molar-refractivity contribution in [2.24, 2.45) is 5.73 Å². The van der Waals surface area contributed by atoms with Crippen LogP contribution in [0, 0.1) is 19.3 Å². The van der Waals surface area contributed by atoms with Gasteiger partial charge in [-0.3, -0.25) is 9.36 Å². The highest BCUT2D eigenvalue weighted by molar-refractivity contribution is 5.82. The zero-order valence-corrected chi connectivity index (χ0v) is 15.7. The molecular weight excluding hydrogens is 334 g/mol. The molecule has 0 bridgehead atoms.